The lowest BCUT2D eigenvalue weighted by Crippen LogP contribution is -2.28. The van der Waals surface area contributed by atoms with Crippen molar-refractivity contribution in [3.8, 4) is 23.8 Å². The molecule has 1 aromatic carbocycles. The second kappa shape index (κ2) is 9.15. The number of nitrogens with zero attached hydrogens (tertiary/aromatic N) is 1. The maximum absolute atomic E-state index is 12.3. The quantitative estimate of drug-likeness (QED) is 0.457. The second-order valence-electron chi connectivity index (χ2n) is 5.57. The lowest BCUT2D eigenvalue weighted by molar-refractivity contribution is -0.122. The predicted octanol–water partition coefficient (Wildman–Crippen LogP) is 4.69. The zero-order valence-electron chi connectivity index (χ0n) is 14.9. The average molecular weight is 438 g/mol. The molecule has 2 rings (SSSR count). The number of rotatable bonds is 7. The van der Waals surface area contributed by atoms with Crippen LogP contribution < -0.4 is 9.47 Å². The minimum absolute atomic E-state index is 0.0302. The topological polar surface area (TPSA) is 55.8 Å². The fourth-order valence-electron chi connectivity index (χ4n) is 2.21. The van der Waals surface area contributed by atoms with E-state index in [4.69, 9.17) is 15.9 Å². The molecule has 1 aliphatic rings. The summed E-state index contributed by atoms with van der Waals surface area (Å²) in [5.41, 5.74) is 0.725. The number of halogens is 1. The van der Waals surface area contributed by atoms with Crippen molar-refractivity contribution in [3.63, 3.8) is 0 Å². The number of amides is 2. The molecule has 1 saturated heterocycles. The minimum Gasteiger partial charge on any atom is -0.490 e. The van der Waals surface area contributed by atoms with E-state index in [1.165, 1.54) is 0 Å². The largest absolute Gasteiger partial charge is 0.490 e. The van der Waals surface area contributed by atoms with Crippen LogP contribution in [0, 0.1) is 12.3 Å². The molecule has 7 heteroatoms. The van der Waals surface area contributed by atoms with E-state index in [-0.39, 0.29) is 23.8 Å². The highest BCUT2D eigenvalue weighted by molar-refractivity contribution is 9.10. The van der Waals surface area contributed by atoms with Crippen molar-refractivity contribution >= 4 is 44.9 Å². The molecule has 1 aromatic rings. The summed E-state index contributed by atoms with van der Waals surface area (Å²) >= 11 is 4.38. The van der Waals surface area contributed by atoms with Gasteiger partial charge in [-0.3, -0.25) is 14.5 Å². The number of terminal acetylenes is 1. The predicted molar refractivity (Wildman–Crippen MR) is 107 cm³/mol. The van der Waals surface area contributed by atoms with Crippen LogP contribution in [-0.4, -0.2) is 35.3 Å². The van der Waals surface area contributed by atoms with E-state index in [0.29, 0.717) is 23.0 Å². The Morgan fingerprint density at radius 2 is 2.12 bits per heavy atom. The standard InChI is InChI=1S/C19H20BrNO4S/c1-5-8-21-18(22)16(26-19(21)23)11-13-9-14(20)17(25-12(4)6-2)15(10-13)24-7-3/h1,9-12H,6-8H2,2-4H3/b16-11+/t12-/m1/s1. The highest BCUT2D eigenvalue weighted by Crippen LogP contribution is 2.40. The van der Waals surface area contributed by atoms with Gasteiger partial charge in [-0.1, -0.05) is 12.8 Å². The van der Waals surface area contributed by atoms with Crippen LogP contribution in [0.15, 0.2) is 21.5 Å². The fourth-order valence-corrected chi connectivity index (χ4v) is 3.60. The molecule has 5 nitrogen and oxygen atoms in total. The van der Waals surface area contributed by atoms with Crippen LogP contribution in [0.1, 0.15) is 32.8 Å². The number of carbonyl (C=O) groups is 2. The molecule has 0 N–H and O–H groups in total. The van der Waals surface area contributed by atoms with Crippen LogP contribution in [0.2, 0.25) is 0 Å². The highest BCUT2D eigenvalue weighted by atomic mass is 79.9. The first-order chi connectivity index (χ1) is 12.4. The third kappa shape index (κ3) is 4.63. The zero-order chi connectivity index (χ0) is 19.3. The lowest BCUT2D eigenvalue weighted by atomic mass is 10.1. The van der Waals surface area contributed by atoms with E-state index in [2.05, 4.69) is 21.9 Å². The molecule has 0 aromatic heterocycles. The molecule has 0 bridgehead atoms. The Morgan fingerprint density at radius 1 is 1.38 bits per heavy atom. The first-order valence-corrected chi connectivity index (χ1v) is 9.84. The zero-order valence-corrected chi connectivity index (χ0v) is 17.3. The number of benzene rings is 1. The number of carbonyl (C=O) groups excluding carboxylic acids is 2. The Labute approximate surface area is 166 Å². The van der Waals surface area contributed by atoms with Gasteiger partial charge in [0.1, 0.15) is 0 Å². The normalized spacial score (nSPS) is 16.7. The Kier molecular flexibility index (Phi) is 7.18. The molecule has 0 spiro atoms. The molecule has 1 fully saturated rings. The summed E-state index contributed by atoms with van der Waals surface area (Å²) in [6.07, 6.45) is 7.77. The molecular formula is C19H20BrNO4S. The van der Waals surface area contributed by atoms with Gasteiger partial charge in [0.25, 0.3) is 11.1 Å². The van der Waals surface area contributed by atoms with E-state index in [1.54, 1.807) is 12.1 Å². The van der Waals surface area contributed by atoms with Gasteiger partial charge in [-0.05, 0) is 71.7 Å². The van der Waals surface area contributed by atoms with Gasteiger partial charge in [-0.15, -0.1) is 6.42 Å². The molecule has 0 unspecified atom stereocenters. The van der Waals surface area contributed by atoms with Crippen LogP contribution in [0.3, 0.4) is 0 Å². The van der Waals surface area contributed by atoms with Gasteiger partial charge in [0.05, 0.1) is 28.6 Å². The van der Waals surface area contributed by atoms with E-state index in [9.17, 15) is 9.59 Å². The molecule has 1 atom stereocenters. The molecule has 26 heavy (non-hydrogen) atoms. The first-order valence-electron chi connectivity index (χ1n) is 8.23. The Morgan fingerprint density at radius 3 is 2.73 bits per heavy atom. The van der Waals surface area contributed by atoms with Crippen molar-refractivity contribution in [2.75, 3.05) is 13.2 Å². The smallest absolute Gasteiger partial charge is 0.294 e. The number of ether oxygens (including phenoxy) is 2. The monoisotopic (exact) mass is 437 g/mol. The summed E-state index contributed by atoms with van der Waals surface area (Å²) in [6, 6.07) is 3.62. The average Bonchev–Trinajstić information content (AvgIpc) is 2.86. The van der Waals surface area contributed by atoms with Crippen molar-refractivity contribution in [3.05, 3.63) is 27.1 Å². The third-order valence-corrected chi connectivity index (χ3v) is 5.14. The number of thioether (sulfide) groups is 1. The van der Waals surface area contributed by atoms with Crippen molar-refractivity contribution < 1.29 is 19.1 Å². The third-order valence-electron chi connectivity index (χ3n) is 3.65. The van der Waals surface area contributed by atoms with Crippen molar-refractivity contribution in [1.82, 2.24) is 4.90 Å². The molecule has 0 aliphatic carbocycles. The van der Waals surface area contributed by atoms with Crippen molar-refractivity contribution in [2.24, 2.45) is 0 Å². The molecule has 1 heterocycles. The summed E-state index contributed by atoms with van der Waals surface area (Å²) in [5.74, 6) is 3.14. The highest BCUT2D eigenvalue weighted by Gasteiger charge is 2.34. The number of imide groups is 1. The summed E-state index contributed by atoms with van der Waals surface area (Å²) < 4.78 is 12.4. The minimum atomic E-state index is -0.382. The van der Waals surface area contributed by atoms with Gasteiger partial charge < -0.3 is 9.47 Å². The second-order valence-corrected chi connectivity index (χ2v) is 7.42. The maximum Gasteiger partial charge on any atom is 0.294 e. The summed E-state index contributed by atoms with van der Waals surface area (Å²) in [6.45, 7) is 6.36. The van der Waals surface area contributed by atoms with Crippen LogP contribution in [-0.2, 0) is 4.79 Å². The Bertz CT molecular complexity index is 784. The molecule has 1 aliphatic heterocycles. The molecule has 2 amide bonds. The van der Waals surface area contributed by atoms with Gasteiger partial charge in [-0.2, -0.15) is 0 Å². The molecule has 0 radical (unpaired) electrons. The van der Waals surface area contributed by atoms with Crippen LogP contribution >= 0.6 is 27.7 Å². The Balaban J connectivity index is 2.37. The number of hydrogen-bond donors (Lipinski definition) is 0. The van der Waals surface area contributed by atoms with E-state index >= 15 is 0 Å². The van der Waals surface area contributed by atoms with Gasteiger partial charge in [0.15, 0.2) is 11.5 Å². The van der Waals surface area contributed by atoms with Gasteiger partial charge >= 0.3 is 0 Å². The van der Waals surface area contributed by atoms with Crippen LogP contribution in [0.4, 0.5) is 4.79 Å². The van der Waals surface area contributed by atoms with Crippen LogP contribution in [0.5, 0.6) is 11.5 Å². The van der Waals surface area contributed by atoms with Crippen molar-refractivity contribution in [1.29, 1.82) is 0 Å². The number of hydrogen-bond acceptors (Lipinski definition) is 5. The SMILES string of the molecule is C#CCN1C(=O)S/C(=C/c2cc(Br)c(O[C@H](C)CC)c(OCC)c2)C1=O. The van der Waals surface area contributed by atoms with Gasteiger partial charge in [0.2, 0.25) is 0 Å². The van der Waals surface area contributed by atoms with Gasteiger partial charge in [-0.25, -0.2) is 0 Å². The molecule has 0 saturated carbocycles. The summed E-state index contributed by atoms with van der Waals surface area (Å²) in [7, 11) is 0. The van der Waals surface area contributed by atoms with Crippen molar-refractivity contribution in [2.45, 2.75) is 33.3 Å². The fraction of sp³-hybridized carbons (Fsp3) is 0.368. The first kappa shape index (κ1) is 20.4. The Hall–Kier alpha value is -1.91. The molecular weight excluding hydrogens is 418 g/mol. The molecule has 138 valence electrons. The summed E-state index contributed by atoms with van der Waals surface area (Å²) in [5, 5.41) is -0.361. The van der Waals surface area contributed by atoms with Crippen LogP contribution in [0.25, 0.3) is 6.08 Å². The summed E-state index contributed by atoms with van der Waals surface area (Å²) in [4.78, 5) is 25.6. The van der Waals surface area contributed by atoms with E-state index < -0.39 is 0 Å². The van der Waals surface area contributed by atoms with Gasteiger partial charge in [0, 0.05) is 0 Å². The van der Waals surface area contributed by atoms with E-state index in [1.807, 2.05) is 26.8 Å². The lowest BCUT2D eigenvalue weighted by Gasteiger charge is -2.18. The maximum atomic E-state index is 12.3. The van der Waals surface area contributed by atoms with E-state index in [0.717, 1.165) is 33.1 Å².